The molecule has 3 fully saturated rings. The summed E-state index contributed by atoms with van der Waals surface area (Å²) in [5.74, 6) is 1.56. The maximum Gasteiger partial charge on any atom is 0.224 e. The van der Waals surface area contributed by atoms with E-state index in [4.69, 9.17) is 0 Å². The van der Waals surface area contributed by atoms with Crippen LogP contribution in [0, 0.1) is 17.8 Å². The number of piperidine rings is 1. The van der Waals surface area contributed by atoms with Gasteiger partial charge in [-0.25, -0.2) is 12.7 Å². The predicted octanol–water partition coefficient (Wildman–Crippen LogP) is 2.13. The van der Waals surface area contributed by atoms with Crippen molar-refractivity contribution in [1.29, 1.82) is 0 Å². The van der Waals surface area contributed by atoms with E-state index in [2.05, 4.69) is 5.32 Å². The van der Waals surface area contributed by atoms with Crippen LogP contribution in [0.25, 0.3) is 0 Å². The Hall–Kier alpha value is -0.620. The zero-order valence-corrected chi connectivity index (χ0v) is 15.0. The summed E-state index contributed by atoms with van der Waals surface area (Å²) in [6.45, 7) is 0.902. The summed E-state index contributed by atoms with van der Waals surface area (Å²) < 4.78 is 24.8. The van der Waals surface area contributed by atoms with Crippen molar-refractivity contribution < 1.29 is 13.2 Å². The van der Waals surface area contributed by atoms with Crippen LogP contribution >= 0.6 is 0 Å². The SMILES string of the molecule is CS(=O)(=O)N1CCC[C@H](C(=O)N[C@@H]2CC[C@@H]3CCCC[C@H]3C2)C1. The lowest BCUT2D eigenvalue weighted by molar-refractivity contribution is -0.127. The monoisotopic (exact) mass is 342 g/mol. The standard InChI is InChI=1S/C17H30N2O3S/c1-23(21,22)19-10-4-7-15(12-19)17(20)18-16-9-8-13-5-2-3-6-14(13)11-16/h13-16H,2-12H2,1H3,(H,18,20)/t13-,14-,15-,16+/m0/s1. The van der Waals surface area contributed by atoms with Gasteiger partial charge < -0.3 is 5.32 Å². The molecule has 1 saturated heterocycles. The smallest absolute Gasteiger partial charge is 0.224 e. The van der Waals surface area contributed by atoms with Crippen molar-refractivity contribution in [3.05, 3.63) is 0 Å². The molecule has 0 bridgehead atoms. The highest BCUT2D eigenvalue weighted by atomic mass is 32.2. The lowest BCUT2D eigenvalue weighted by atomic mass is 9.69. The molecule has 23 heavy (non-hydrogen) atoms. The van der Waals surface area contributed by atoms with E-state index in [0.717, 1.165) is 37.5 Å². The number of hydrogen-bond donors (Lipinski definition) is 1. The molecule has 4 atom stereocenters. The summed E-state index contributed by atoms with van der Waals surface area (Å²) >= 11 is 0. The van der Waals surface area contributed by atoms with Gasteiger partial charge >= 0.3 is 0 Å². The summed E-state index contributed by atoms with van der Waals surface area (Å²) in [5, 5.41) is 3.23. The number of hydrogen-bond acceptors (Lipinski definition) is 3. The Bertz CT molecular complexity index is 534. The first-order valence-corrected chi connectivity index (χ1v) is 11.0. The lowest BCUT2D eigenvalue weighted by Gasteiger charge is -2.40. The number of carbonyl (C=O) groups is 1. The van der Waals surface area contributed by atoms with Gasteiger partial charge in [-0.1, -0.05) is 25.7 Å². The molecule has 1 heterocycles. The molecule has 6 heteroatoms. The molecular formula is C17H30N2O3S. The number of sulfonamides is 1. The van der Waals surface area contributed by atoms with Crippen molar-refractivity contribution in [1.82, 2.24) is 9.62 Å². The van der Waals surface area contributed by atoms with Crippen LogP contribution in [-0.2, 0) is 14.8 Å². The second-order valence-electron chi connectivity index (χ2n) is 7.78. The summed E-state index contributed by atoms with van der Waals surface area (Å²) in [7, 11) is -3.19. The van der Waals surface area contributed by atoms with Crippen molar-refractivity contribution >= 4 is 15.9 Å². The fourth-order valence-electron chi connectivity index (χ4n) is 4.78. The van der Waals surface area contributed by atoms with Crippen molar-refractivity contribution in [2.24, 2.45) is 17.8 Å². The third-order valence-electron chi connectivity index (χ3n) is 6.11. The predicted molar refractivity (Wildman–Crippen MR) is 90.4 cm³/mol. The number of rotatable bonds is 3. The van der Waals surface area contributed by atoms with Crippen LogP contribution in [0.2, 0.25) is 0 Å². The second-order valence-corrected chi connectivity index (χ2v) is 9.77. The van der Waals surface area contributed by atoms with Crippen LogP contribution in [0.1, 0.15) is 57.8 Å². The van der Waals surface area contributed by atoms with E-state index >= 15 is 0 Å². The topological polar surface area (TPSA) is 66.5 Å². The normalized spacial score (nSPS) is 36.2. The number of nitrogens with one attached hydrogen (secondary N) is 1. The maximum atomic E-state index is 12.6. The summed E-state index contributed by atoms with van der Waals surface area (Å²) in [6.07, 6.45) is 11.7. The maximum absolute atomic E-state index is 12.6. The first kappa shape index (κ1) is 17.2. The molecule has 132 valence electrons. The minimum Gasteiger partial charge on any atom is -0.353 e. The second kappa shape index (κ2) is 7.09. The minimum absolute atomic E-state index is 0.0672. The van der Waals surface area contributed by atoms with Crippen LogP contribution in [0.3, 0.4) is 0 Å². The number of fused-ring (bicyclic) bond motifs is 1. The Morgan fingerprint density at radius 3 is 2.48 bits per heavy atom. The molecule has 3 rings (SSSR count). The van der Waals surface area contributed by atoms with Gasteiger partial charge in [-0.3, -0.25) is 4.79 Å². The Morgan fingerprint density at radius 2 is 1.74 bits per heavy atom. The zero-order valence-electron chi connectivity index (χ0n) is 14.2. The van der Waals surface area contributed by atoms with E-state index in [9.17, 15) is 13.2 Å². The molecule has 0 aromatic heterocycles. The van der Waals surface area contributed by atoms with Crippen LogP contribution < -0.4 is 5.32 Å². The highest BCUT2D eigenvalue weighted by molar-refractivity contribution is 7.88. The van der Waals surface area contributed by atoms with Crippen LogP contribution in [0.4, 0.5) is 0 Å². The van der Waals surface area contributed by atoms with Crippen molar-refractivity contribution in [3.63, 3.8) is 0 Å². The van der Waals surface area contributed by atoms with Gasteiger partial charge in [0.25, 0.3) is 0 Å². The van der Waals surface area contributed by atoms with E-state index < -0.39 is 10.0 Å². The molecule has 0 aromatic carbocycles. The molecule has 0 spiro atoms. The molecule has 0 unspecified atom stereocenters. The first-order valence-electron chi connectivity index (χ1n) is 9.19. The average Bonchev–Trinajstić information content (AvgIpc) is 2.54. The van der Waals surface area contributed by atoms with Gasteiger partial charge in [0.15, 0.2) is 0 Å². The fraction of sp³-hybridized carbons (Fsp3) is 0.941. The Labute approximate surface area is 140 Å². The third-order valence-corrected chi connectivity index (χ3v) is 7.38. The van der Waals surface area contributed by atoms with Gasteiger partial charge in [0.05, 0.1) is 12.2 Å². The molecule has 2 aliphatic carbocycles. The minimum atomic E-state index is -3.19. The number of amides is 1. The van der Waals surface area contributed by atoms with E-state index in [1.807, 2.05) is 0 Å². The first-order chi connectivity index (χ1) is 10.9. The van der Waals surface area contributed by atoms with Crippen molar-refractivity contribution in [2.45, 2.75) is 63.8 Å². The van der Waals surface area contributed by atoms with Gasteiger partial charge in [0.2, 0.25) is 15.9 Å². The van der Waals surface area contributed by atoms with E-state index in [1.54, 1.807) is 0 Å². The quantitative estimate of drug-likeness (QED) is 0.854. The van der Waals surface area contributed by atoms with Gasteiger partial charge in [-0.15, -0.1) is 0 Å². The largest absolute Gasteiger partial charge is 0.353 e. The summed E-state index contributed by atoms with van der Waals surface area (Å²) in [5.41, 5.74) is 0. The average molecular weight is 343 g/mol. The van der Waals surface area contributed by atoms with Crippen LogP contribution in [0.5, 0.6) is 0 Å². The van der Waals surface area contributed by atoms with Gasteiger partial charge in [-0.2, -0.15) is 0 Å². The van der Waals surface area contributed by atoms with Crippen molar-refractivity contribution in [3.8, 4) is 0 Å². The summed E-state index contributed by atoms with van der Waals surface area (Å²) in [4.78, 5) is 12.6. The van der Waals surface area contributed by atoms with Gasteiger partial charge in [0.1, 0.15) is 0 Å². The van der Waals surface area contributed by atoms with Crippen LogP contribution in [-0.4, -0.2) is 44.0 Å². The highest BCUT2D eigenvalue weighted by Gasteiger charge is 2.35. The van der Waals surface area contributed by atoms with Crippen LogP contribution in [0.15, 0.2) is 0 Å². The molecule has 5 nitrogen and oxygen atoms in total. The molecule has 0 aromatic rings. The zero-order chi connectivity index (χ0) is 16.4. The fourth-order valence-corrected chi connectivity index (χ4v) is 5.69. The lowest BCUT2D eigenvalue weighted by Crippen LogP contribution is -2.48. The molecule has 2 saturated carbocycles. The Kier molecular flexibility index (Phi) is 5.31. The molecule has 1 aliphatic heterocycles. The molecule has 3 aliphatic rings. The third kappa shape index (κ3) is 4.27. The Morgan fingerprint density at radius 1 is 1.00 bits per heavy atom. The molecule has 1 N–H and O–H groups in total. The van der Waals surface area contributed by atoms with E-state index in [-0.39, 0.29) is 11.8 Å². The van der Waals surface area contributed by atoms with Crippen molar-refractivity contribution in [2.75, 3.05) is 19.3 Å². The number of nitrogens with zero attached hydrogens (tertiary/aromatic N) is 1. The van der Waals surface area contributed by atoms with Gasteiger partial charge in [0, 0.05) is 19.1 Å². The van der Waals surface area contributed by atoms with Gasteiger partial charge in [-0.05, 0) is 43.9 Å². The Balaban J connectivity index is 1.52. The van der Waals surface area contributed by atoms with E-state index in [0.29, 0.717) is 19.1 Å². The number of carbonyl (C=O) groups excluding carboxylic acids is 1. The highest BCUT2D eigenvalue weighted by Crippen LogP contribution is 2.40. The molecule has 1 amide bonds. The molecule has 0 radical (unpaired) electrons. The molecular weight excluding hydrogens is 312 g/mol. The summed E-state index contributed by atoms with van der Waals surface area (Å²) in [6, 6.07) is 0.301. The van der Waals surface area contributed by atoms with E-state index in [1.165, 1.54) is 42.7 Å².